The van der Waals surface area contributed by atoms with Crippen molar-refractivity contribution < 1.29 is 8.42 Å². The lowest BCUT2D eigenvalue weighted by molar-refractivity contribution is 0.111. The highest BCUT2D eigenvalue weighted by molar-refractivity contribution is 7.89. The van der Waals surface area contributed by atoms with Crippen LogP contribution in [-0.2, 0) is 16.6 Å². The largest absolute Gasteiger partial charge is 0.298 e. The Morgan fingerprint density at radius 1 is 1.14 bits per heavy atom. The first-order chi connectivity index (χ1) is 10.6. The maximum Gasteiger partial charge on any atom is 0.246 e. The van der Waals surface area contributed by atoms with Crippen LogP contribution in [0.5, 0.6) is 0 Å². The molecule has 0 unspecified atom stereocenters. The van der Waals surface area contributed by atoms with Crippen molar-refractivity contribution in [3.05, 3.63) is 12.4 Å². The van der Waals surface area contributed by atoms with Crippen LogP contribution in [0.4, 0.5) is 0 Å². The Kier molecular flexibility index (Phi) is 4.84. The van der Waals surface area contributed by atoms with E-state index >= 15 is 0 Å². The smallest absolute Gasteiger partial charge is 0.246 e. The fraction of sp³-hybridized carbons (Fsp3) is 0.800. The molecule has 1 saturated carbocycles. The Labute approximate surface area is 133 Å². The van der Waals surface area contributed by atoms with E-state index in [4.69, 9.17) is 0 Å². The zero-order chi connectivity index (χ0) is 15.6. The second kappa shape index (κ2) is 6.68. The SMILES string of the molecule is CCn1cc(S(=O)(=O)N2CCN(C3CCCCC3)CC2)cn1. The standard InChI is InChI=1S/C15H26N4O2S/c1-2-18-13-15(12-16-18)22(20,21)19-10-8-17(9-11-19)14-6-4-3-5-7-14/h12-14H,2-11H2,1H3. The van der Waals surface area contributed by atoms with E-state index in [0.29, 0.717) is 30.6 Å². The van der Waals surface area contributed by atoms with Crippen LogP contribution in [0.15, 0.2) is 17.3 Å². The maximum absolute atomic E-state index is 12.7. The van der Waals surface area contributed by atoms with Gasteiger partial charge in [-0.3, -0.25) is 9.58 Å². The van der Waals surface area contributed by atoms with Gasteiger partial charge in [0, 0.05) is 45.0 Å². The highest BCUT2D eigenvalue weighted by Gasteiger charge is 2.32. The van der Waals surface area contributed by atoms with Gasteiger partial charge in [0.1, 0.15) is 4.90 Å². The van der Waals surface area contributed by atoms with Crippen molar-refractivity contribution in [3.63, 3.8) is 0 Å². The van der Waals surface area contributed by atoms with E-state index in [1.807, 2.05) is 6.92 Å². The molecule has 0 spiro atoms. The van der Waals surface area contributed by atoms with E-state index in [9.17, 15) is 8.42 Å². The molecule has 0 radical (unpaired) electrons. The molecule has 6 nitrogen and oxygen atoms in total. The Hall–Kier alpha value is -0.920. The number of nitrogens with zero attached hydrogens (tertiary/aromatic N) is 4. The van der Waals surface area contributed by atoms with Gasteiger partial charge in [-0.2, -0.15) is 9.40 Å². The third-order valence-electron chi connectivity index (χ3n) is 4.94. The minimum Gasteiger partial charge on any atom is -0.298 e. The molecule has 0 atom stereocenters. The van der Waals surface area contributed by atoms with E-state index in [1.54, 1.807) is 15.2 Å². The summed E-state index contributed by atoms with van der Waals surface area (Å²) in [5.41, 5.74) is 0. The summed E-state index contributed by atoms with van der Waals surface area (Å²) in [5.74, 6) is 0. The third-order valence-corrected chi connectivity index (χ3v) is 6.79. The normalized spacial score (nSPS) is 23.0. The zero-order valence-electron chi connectivity index (χ0n) is 13.3. The van der Waals surface area contributed by atoms with Crippen molar-refractivity contribution in [3.8, 4) is 0 Å². The molecule has 1 saturated heterocycles. The first-order valence-corrected chi connectivity index (χ1v) is 9.82. The molecule has 3 rings (SSSR count). The fourth-order valence-corrected chi connectivity index (χ4v) is 4.93. The molecule has 0 aromatic carbocycles. The second-order valence-electron chi connectivity index (χ2n) is 6.26. The molecular weight excluding hydrogens is 300 g/mol. The molecule has 1 aliphatic carbocycles. The van der Waals surface area contributed by atoms with Crippen molar-refractivity contribution in [2.45, 2.75) is 56.5 Å². The summed E-state index contributed by atoms with van der Waals surface area (Å²) < 4.78 is 28.6. The molecule has 22 heavy (non-hydrogen) atoms. The van der Waals surface area contributed by atoms with Crippen LogP contribution >= 0.6 is 0 Å². The third kappa shape index (κ3) is 3.21. The maximum atomic E-state index is 12.7. The predicted molar refractivity (Wildman–Crippen MR) is 85.1 cm³/mol. The van der Waals surface area contributed by atoms with Gasteiger partial charge in [0.05, 0.1) is 6.20 Å². The number of hydrogen-bond donors (Lipinski definition) is 0. The summed E-state index contributed by atoms with van der Waals surface area (Å²) in [5, 5.41) is 4.08. The molecule has 1 aromatic rings. The molecule has 0 amide bonds. The zero-order valence-corrected chi connectivity index (χ0v) is 14.1. The van der Waals surface area contributed by atoms with Crippen molar-refractivity contribution >= 4 is 10.0 Å². The average molecular weight is 326 g/mol. The average Bonchev–Trinajstić information content (AvgIpc) is 3.06. The lowest BCUT2D eigenvalue weighted by Crippen LogP contribution is -2.52. The van der Waals surface area contributed by atoms with Gasteiger partial charge in [-0.15, -0.1) is 0 Å². The lowest BCUT2D eigenvalue weighted by atomic mass is 9.94. The minimum atomic E-state index is -3.38. The van der Waals surface area contributed by atoms with Crippen LogP contribution in [0.3, 0.4) is 0 Å². The minimum absolute atomic E-state index is 0.320. The van der Waals surface area contributed by atoms with Crippen LogP contribution in [-0.4, -0.2) is 59.6 Å². The quantitative estimate of drug-likeness (QED) is 0.842. The molecule has 7 heteroatoms. The first-order valence-electron chi connectivity index (χ1n) is 8.38. The molecular formula is C15H26N4O2S. The van der Waals surface area contributed by atoms with E-state index < -0.39 is 10.0 Å². The van der Waals surface area contributed by atoms with Crippen molar-refractivity contribution in [1.82, 2.24) is 19.0 Å². The van der Waals surface area contributed by atoms with Gasteiger partial charge >= 0.3 is 0 Å². The Bertz CT molecular complexity index is 584. The van der Waals surface area contributed by atoms with Crippen LogP contribution < -0.4 is 0 Å². The van der Waals surface area contributed by atoms with Crippen LogP contribution in [0.1, 0.15) is 39.0 Å². The number of hydrogen-bond acceptors (Lipinski definition) is 4. The van der Waals surface area contributed by atoms with E-state index in [2.05, 4.69) is 10.00 Å². The Morgan fingerprint density at radius 2 is 1.82 bits per heavy atom. The Balaban J connectivity index is 1.62. The first kappa shape index (κ1) is 16.0. The monoisotopic (exact) mass is 326 g/mol. The van der Waals surface area contributed by atoms with Crippen LogP contribution in [0, 0.1) is 0 Å². The number of aryl methyl sites for hydroxylation is 1. The molecule has 2 fully saturated rings. The van der Waals surface area contributed by atoms with E-state index in [1.165, 1.54) is 38.3 Å². The van der Waals surface area contributed by atoms with E-state index in [-0.39, 0.29) is 0 Å². The van der Waals surface area contributed by atoms with E-state index in [0.717, 1.165) is 13.1 Å². The molecule has 1 aliphatic heterocycles. The van der Waals surface area contributed by atoms with Gasteiger partial charge in [0.15, 0.2) is 0 Å². The summed E-state index contributed by atoms with van der Waals surface area (Å²) in [6, 6.07) is 0.668. The molecule has 2 heterocycles. The second-order valence-corrected chi connectivity index (χ2v) is 8.20. The number of sulfonamides is 1. The van der Waals surface area contributed by atoms with Gasteiger partial charge in [-0.1, -0.05) is 19.3 Å². The van der Waals surface area contributed by atoms with Gasteiger partial charge in [0.2, 0.25) is 10.0 Å². The number of aromatic nitrogens is 2. The van der Waals surface area contributed by atoms with Crippen molar-refractivity contribution in [2.75, 3.05) is 26.2 Å². The fourth-order valence-electron chi connectivity index (χ4n) is 3.56. The molecule has 124 valence electrons. The van der Waals surface area contributed by atoms with Crippen molar-refractivity contribution in [2.24, 2.45) is 0 Å². The lowest BCUT2D eigenvalue weighted by Gasteiger charge is -2.40. The summed E-state index contributed by atoms with van der Waals surface area (Å²) in [6.07, 6.45) is 9.63. The van der Waals surface area contributed by atoms with Crippen LogP contribution in [0.2, 0.25) is 0 Å². The molecule has 1 aromatic heterocycles. The number of rotatable bonds is 4. The predicted octanol–water partition coefficient (Wildman–Crippen LogP) is 1.54. The molecule has 0 bridgehead atoms. The Morgan fingerprint density at radius 3 is 2.41 bits per heavy atom. The molecule has 0 N–H and O–H groups in total. The highest BCUT2D eigenvalue weighted by Crippen LogP contribution is 2.25. The van der Waals surface area contributed by atoms with Crippen molar-refractivity contribution in [1.29, 1.82) is 0 Å². The summed E-state index contributed by atoms with van der Waals surface area (Å²) in [7, 11) is -3.38. The van der Waals surface area contributed by atoms with Crippen LogP contribution in [0.25, 0.3) is 0 Å². The highest BCUT2D eigenvalue weighted by atomic mass is 32.2. The topological polar surface area (TPSA) is 58.4 Å². The summed E-state index contributed by atoms with van der Waals surface area (Å²) in [6.45, 7) is 5.53. The van der Waals surface area contributed by atoms with Gasteiger partial charge in [-0.25, -0.2) is 8.42 Å². The molecule has 2 aliphatic rings. The van der Waals surface area contributed by atoms with Gasteiger partial charge in [-0.05, 0) is 19.8 Å². The summed E-state index contributed by atoms with van der Waals surface area (Å²) in [4.78, 5) is 2.81. The number of piperazine rings is 1. The van der Waals surface area contributed by atoms with Gasteiger partial charge < -0.3 is 0 Å². The van der Waals surface area contributed by atoms with Gasteiger partial charge in [0.25, 0.3) is 0 Å². The summed E-state index contributed by atoms with van der Waals surface area (Å²) >= 11 is 0.